The Morgan fingerprint density at radius 1 is 1.52 bits per heavy atom. The fourth-order valence-electron chi connectivity index (χ4n) is 2.93. The number of carbonyl (C=O) groups is 1. The van der Waals surface area contributed by atoms with E-state index in [1.807, 2.05) is 24.0 Å². The molecule has 0 N–H and O–H groups in total. The summed E-state index contributed by atoms with van der Waals surface area (Å²) in [5, 5.41) is 0.783. The van der Waals surface area contributed by atoms with Gasteiger partial charge in [0.15, 0.2) is 10.8 Å². The van der Waals surface area contributed by atoms with Gasteiger partial charge in [0.1, 0.15) is 5.69 Å². The number of furan rings is 1. The van der Waals surface area contributed by atoms with Crippen LogP contribution >= 0.6 is 11.3 Å². The third-order valence-corrected chi connectivity index (χ3v) is 5.08. The van der Waals surface area contributed by atoms with Crippen LogP contribution in [0.1, 0.15) is 48.0 Å². The average molecular weight is 304 g/mol. The molecule has 5 heteroatoms. The highest BCUT2D eigenvalue weighted by molar-refractivity contribution is 7.15. The Morgan fingerprint density at radius 2 is 2.38 bits per heavy atom. The first-order chi connectivity index (χ1) is 10.2. The van der Waals surface area contributed by atoms with Gasteiger partial charge >= 0.3 is 0 Å². The predicted molar refractivity (Wildman–Crippen MR) is 83.5 cm³/mol. The molecule has 2 aromatic rings. The summed E-state index contributed by atoms with van der Waals surface area (Å²) in [4.78, 5) is 20.3. The van der Waals surface area contributed by atoms with Crippen molar-refractivity contribution in [1.29, 1.82) is 0 Å². The zero-order valence-corrected chi connectivity index (χ0v) is 13.3. The lowest BCUT2D eigenvalue weighted by Gasteiger charge is -2.34. The topological polar surface area (TPSA) is 46.3 Å². The number of aromatic nitrogens is 1. The van der Waals surface area contributed by atoms with Gasteiger partial charge in [-0.3, -0.25) is 4.79 Å². The van der Waals surface area contributed by atoms with Crippen molar-refractivity contribution in [2.75, 3.05) is 6.54 Å². The minimum atomic E-state index is 0.0770. The third-order valence-electron chi connectivity index (χ3n) is 4.09. The number of piperidine rings is 1. The van der Waals surface area contributed by atoms with Crippen molar-refractivity contribution in [2.24, 2.45) is 0 Å². The number of amides is 1. The number of nitrogens with zero attached hydrogens (tertiary/aromatic N) is 2. The Kier molecular flexibility index (Phi) is 4.10. The van der Waals surface area contributed by atoms with Crippen LogP contribution in [-0.2, 0) is 0 Å². The van der Waals surface area contributed by atoms with E-state index in [0.29, 0.717) is 11.7 Å². The summed E-state index contributed by atoms with van der Waals surface area (Å²) in [6, 6.07) is 4.08. The fraction of sp³-hybridized carbons (Fsp3) is 0.500. The number of thiazole rings is 1. The van der Waals surface area contributed by atoms with Crippen LogP contribution in [0.5, 0.6) is 0 Å². The first kappa shape index (κ1) is 14.3. The summed E-state index contributed by atoms with van der Waals surface area (Å²) in [6.07, 6.45) is 6.06. The van der Waals surface area contributed by atoms with Gasteiger partial charge in [-0.05, 0) is 44.7 Å². The maximum absolute atomic E-state index is 12.8. The molecule has 0 aliphatic carbocycles. The van der Waals surface area contributed by atoms with Gasteiger partial charge in [-0.1, -0.05) is 6.92 Å². The van der Waals surface area contributed by atoms with E-state index >= 15 is 0 Å². The molecule has 0 saturated carbocycles. The highest BCUT2D eigenvalue weighted by Crippen LogP contribution is 2.30. The number of hydrogen-bond acceptors (Lipinski definition) is 4. The fourth-order valence-corrected chi connectivity index (χ4v) is 3.80. The predicted octanol–water partition coefficient (Wildman–Crippen LogP) is 4.12. The van der Waals surface area contributed by atoms with Gasteiger partial charge in [0.05, 0.1) is 6.26 Å². The van der Waals surface area contributed by atoms with Crippen molar-refractivity contribution in [1.82, 2.24) is 9.88 Å². The lowest BCUT2D eigenvalue weighted by atomic mass is 9.99. The molecule has 1 amide bonds. The Hall–Kier alpha value is -1.62. The van der Waals surface area contributed by atoms with Gasteiger partial charge in [-0.2, -0.15) is 0 Å². The molecule has 1 fully saturated rings. The van der Waals surface area contributed by atoms with Gasteiger partial charge < -0.3 is 9.32 Å². The number of carbonyl (C=O) groups excluding carboxylic acids is 1. The van der Waals surface area contributed by atoms with E-state index in [1.54, 1.807) is 6.26 Å². The van der Waals surface area contributed by atoms with Crippen LogP contribution in [0.25, 0.3) is 10.8 Å². The van der Waals surface area contributed by atoms with Gasteiger partial charge in [-0.15, -0.1) is 11.3 Å². The molecule has 4 nitrogen and oxygen atoms in total. The van der Waals surface area contributed by atoms with E-state index in [0.717, 1.165) is 41.5 Å². The summed E-state index contributed by atoms with van der Waals surface area (Å²) < 4.78 is 5.38. The molecule has 21 heavy (non-hydrogen) atoms. The maximum atomic E-state index is 12.8. The second-order valence-electron chi connectivity index (χ2n) is 5.46. The lowest BCUT2D eigenvalue weighted by molar-refractivity contribution is 0.0602. The van der Waals surface area contributed by atoms with Gasteiger partial charge in [0, 0.05) is 17.5 Å². The van der Waals surface area contributed by atoms with E-state index < -0.39 is 0 Å². The summed E-state index contributed by atoms with van der Waals surface area (Å²) in [5.74, 6) is 0.806. The molecule has 1 aliphatic rings. The van der Waals surface area contributed by atoms with Crippen LogP contribution in [0.4, 0.5) is 0 Å². The second kappa shape index (κ2) is 6.02. The number of aryl methyl sites for hydroxylation is 1. The normalized spacial score (nSPS) is 19.0. The van der Waals surface area contributed by atoms with E-state index in [1.165, 1.54) is 17.8 Å². The van der Waals surface area contributed by atoms with E-state index in [4.69, 9.17) is 4.42 Å². The molecule has 0 unspecified atom stereocenters. The van der Waals surface area contributed by atoms with E-state index in [2.05, 4.69) is 11.9 Å². The van der Waals surface area contributed by atoms with Crippen LogP contribution in [0.2, 0.25) is 0 Å². The summed E-state index contributed by atoms with van der Waals surface area (Å²) in [7, 11) is 0. The molecule has 0 bridgehead atoms. The molecule has 1 atom stereocenters. The smallest absolute Gasteiger partial charge is 0.273 e. The molecular weight excluding hydrogens is 284 g/mol. The van der Waals surface area contributed by atoms with Crippen LogP contribution < -0.4 is 0 Å². The lowest BCUT2D eigenvalue weighted by Crippen LogP contribution is -2.43. The van der Waals surface area contributed by atoms with Crippen molar-refractivity contribution in [3.8, 4) is 10.8 Å². The second-order valence-corrected chi connectivity index (χ2v) is 6.66. The SMILES string of the molecule is CC[C@@H]1CCCCN1C(=O)c1nc(-c2ccco2)sc1C. The Morgan fingerprint density at radius 3 is 3.10 bits per heavy atom. The number of likely N-dealkylation sites (tertiary alicyclic amines) is 1. The van der Waals surface area contributed by atoms with Crippen molar-refractivity contribution < 1.29 is 9.21 Å². The summed E-state index contributed by atoms with van der Waals surface area (Å²) >= 11 is 1.52. The zero-order chi connectivity index (χ0) is 14.8. The minimum Gasteiger partial charge on any atom is -0.462 e. The molecule has 1 aliphatic heterocycles. The first-order valence-corrected chi connectivity index (χ1v) is 8.34. The third kappa shape index (κ3) is 2.75. The van der Waals surface area contributed by atoms with Crippen molar-refractivity contribution >= 4 is 17.2 Å². The van der Waals surface area contributed by atoms with E-state index in [9.17, 15) is 4.79 Å². The first-order valence-electron chi connectivity index (χ1n) is 7.53. The molecule has 0 radical (unpaired) electrons. The highest BCUT2D eigenvalue weighted by Gasteiger charge is 2.29. The summed E-state index contributed by atoms with van der Waals surface area (Å²) in [5.41, 5.74) is 0.590. The van der Waals surface area contributed by atoms with Gasteiger partial charge in [0.2, 0.25) is 0 Å². The quantitative estimate of drug-likeness (QED) is 0.857. The Balaban J connectivity index is 1.87. The largest absolute Gasteiger partial charge is 0.462 e. The maximum Gasteiger partial charge on any atom is 0.273 e. The number of hydrogen-bond donors (Lipinski definition) is 0. The van der Waals surface area contributed by atoms with Gasteiger partial charge in [-0.25, -0.2) is 4.98 Å². The highest BCUT2D eigenvalue weighted by atomic mass is 32.1. The van der Waals surface area contributed by atoms with Crippen molar-refractivity contribution in [3.05, 3.63) is 29.0 Å². The molecule has 3 heterocycles. The molecule has 1 saturated heterocycles. The summed E-state index contributed by atoms with van der Waals surface area (Å²) in [6.45, 7) is 4.96. The molecule has 0 aromatic carbocycles. The van der Waals surface area contributed by atoms with E-state index in [-0.39, 0.29) is 5.91 Å². The van der Waals surface area contributed by atoms with Crippen LogP contribution in [-0.4, -0.2) is 28.4 Å². The van der Waals surface area contributed by atoms with Crippen LogP contribution in [0, 0.1) is 6.92 Å². The van der Waals surface area contributed by atoms with Crippen molar-refractivity contribution in [2.45, 2.75) is 45.6 Å². The standard InChI is InChI=1S/C16H20N2O2S/c1-3-12-7-4-5-9-18(12)16(19)14-11(2)21-15(17-14)13-8-6-10-20-13/h6,8,10,12H,3-5,7,9H2,1-2H3/t12-/m1/s1. The monoisotopic (exact) mass is 304 g/mol. The Bertz CT molecular complexity index is 618. The molecule has 3 rings (SSSR count). The molecule has 112 valence electrons. The molecule has 0 spiro atoms. The molecular formula is C16H20N2O2S. The van der Waals surface area contributed by atoms with Crippen LogP contribution in [0.15, 0.2) is 22.8 Å². The van der Waals surface area contributed by atoms with Crippen molar-refractivity contribution in [3.63, 3.8) is 0 Å². The van der Waals surface area contributed by atoms with Crippen LogP contribution in [0.3, 0.4) is 0 Å². The average Bonchev–Trinajstić information content (AvgIpc) is 3.15. The van der Waals surface area contributed by atoms with Gasteiger partial charge in [0.25, 0.3) is 5.91 Å². The number of rotatable bonds is 3. The zero-order valence-electron chi connectivity index (χ0n) is 12.5. The molecule has 2 aromatic heterocycles. The minimum absolute atomic E-state index is 0.0770. The Labute approximate surface area is 128 Å².